The molecule has 0 radical (unpaired) electrons. The summed E-state index contributed by atoms with van der Waals surface area (Å²) < 4.78 is 0. The molecule has 1 rings (SSSR count). The highest BCUT2D eigenvalue weighted by molar-refractivity contribution is 7.80. The Bertz CT molecular complexity index is 871. The van der Waals surface area contributed by atoms with E-state index in [9.17, 15) is 24.0 Å². The second kappa shape index (κ2) is 15.7. The minimum absolute atomic E-state index is 0.103. The summed E-state index contributed by atoms with van der Waals surface area (Å²) in [5.74, 6) is -5.35. The molecule has 0 spiro atoms. The number of carbonyl (C=O) groups is 5. The molecule has 0 saturated carbocycles. The molecule has 0 aliphatic heterocycles. The van der Waals surface area contributed by atoms with Crippen molar-refractivity contribution in [2.45, 2.75) is 56.3 Å². The van der Waals surface area contributed by atoms with Crippen LogP contribution in [0.5, 0.6) is 0 Å². The molecule has 4 unspecified atom stereocenters. The van der Waals surface area contributed by atoms with E-state index in [0.717, 1.165) is 5.56 Å². The molecule has 0 bridgehead atoms. The van der Waals surface area contributed by atoms with Gasteiger partial charge < -0.3 is 37.6 Å². The summed E-state index contributed by atoms with van der Waals surface area (Å²) in [5.41, 5.74) is 12.1. The molecule has 0 aliphatic rings. The number of carbonyl (C=O) groups excluding carboxylic acids is 3. The third-order valence-corrected chi connectivity index (χ3v) is 5.40. The van der Waals surface area contributed by atoms with Crippen LogP contribution in [-0.4, -0.2) is 76.3 Å². The number of unbranched alkanes of at least 4 members (excludes halogenated alkanes) is 1. The van der Waals surface area contributed by atoms with Gasteiger partial charge in [-0.15, -0.1) is 0 Å². The van der Waals surface area contributed by atoms with E-state index >= 15 is 0 Å². The molecule has 0 aliphatic carbocycles. The predicted octanol–water partition coefficient (Wildman–Crippen LogP) is -1.37. The largest absolute Gasteiger partial charge is 0.481 e. The standard InChI is InChI=1S/C22H33N5O7S/c23-9-5-4-8-14(24)19(30)25-15(10-13-6-2-1-3-7-13)20(31)27-17(12-35)21(32)26-16(22(33)34)11-18(28)29/h1-3,6-7,14-17,35H,4-5,8-12,23-24H2,(H,25,30)(H,26,32)(H,27,31)(H,28,29)(H,33,34). The summed E-state index contributed by atoms with van der Waals surface area (Å²) in [5, 5.41) is 25.1. The molecule has 1 aromatic rings. The van der Waals surface area contributed by atoms with Crippen LogP contribution < -0.4 is 27.4 Å². The van der Waals surface area contributed by atoms with E-state index in [-0.39, 0.29) is 12.2 Å². The lowest BCUT2D eigenvalue weighted by atomic mass is 10.0. The van der Waals surface area contributed by atoms with E-state index in [1.165, 1.54) is 0 Å². The highest BCUT2D eigenvalue weighted by Gasteiger charge is 2.30. The van der Waals surface area contributed by atoms with Crippen molar-refractivity contribution in [3.63, 3.8) is 0 Å². The molecule has 1 aromatic carbocycles. The number of nitrogens with two attached hydrogens (primary N) is 2. The van der Waals surface area contributed by atoms with Crippen LogP contribution in [0.2, 0.25) is 0 Å². The van der Waals surface area contributed by atoms with Crippen LogP contribution in [0.1, 0.15) is 31.2 Å². The minimum atomic E-state index is -1.69. The first-order valence-electron chi connectivity index (χ1n) is 11.0. The van der Waals surface area contributed by atoms with Crippen molar-refractivity contribution in [3.8, 4) is 0 Å². The summed E-state index contributed by atoms with van der Waals surface area (Å²) in [6.45, 7) is 0.468. The van der Waals surface area contributed by atoms with Crippen LogP contribution in [0.15, 0.2) is 30.3 Å². The zero-order valence-electron chi connectivity index (χ0n) is 19.2. The summed E-state index contributed by atoms with van der Waals surface area (Å²) in [6.07, 6.45) is 0.982. The third kappa shape index (κ3) is 11.2. The fourth-order valence-corrected chi connectivity index (χ4v) is 3.35. The fourth-order valence-electron chi connectivity index (χ4n) is 3.09. The maximum Gasteiger partial charge on any atom is 0.326 e. The number of hydrogen-bond acceptors (Lipinski definition) is 8. The lowest BCUT2D eigenvalue weighted by molar-refractivity contribution is -0.147. The summed E-state index contributed by atoms with van der Waals surface area (Å²) in [7, 11) is 0. The van der Waals surface area contributed by atoms with Gasteiger partial charge in [0.25, 0.3) is 0 Å². The van der Waals surface area contributed by atoms with E-state index in [1.807, 2.05) is 0 Å². The molecule has 12 nitrogen and oxygen atoms in total. The van der Waals surface area contributed by atoms with Crippen molar-refractivity contribution >= 4 is 42.3 Å². The number of rotatable bonds is 16. The lowest BCUT2D eigenvalue weighted by Gasteiger charge is -2.24. The number of thiol groups is 1. The van der Waals surface area contributed by atoms with Gasteiger partial charge >= 0.3 is 11.9 Å². The monoisotopic (exact) mass is 511 g/mol. The van der Waals surface area contributed by atoms with Gasteiger partial charge in [-0.05, 0) is 24.9 Å². The number of benzene rings is 1. The number of carboxylic acids is 2. The molecule has 0 fully saturated rings. The number of amides is 3. The Labute approximate surface area is 208 Å². The van der Waals surface area contributed by atoms with Crippen molar-refractivity contribution in [2.24, 2.45) is 11.5 Å². The van der Waals surface area contributed by atoms with Gasteiger partial charge in [0, 0.05) is 12.2 Å². The van der Waals surface area contributed by atoms with Gasteiger partial charge in [0.2, 0.25) is 17.7 Å². The van der Waals surface area contributed by atoms with Crippen LogP contribution in [0.4, 0.5) is 0 Å². The summed E-state index contributed by atoms with van der Waals surface area (Å²) in [4.78, 5) is 60.2. The molecular formula is C22H33N5O7S. The van der Waals surface area contributed by atoms with E-state index in [4.69, 9.17) is 21.7 Å². The van der Waals surface area contributed by atoms with Gasteiger partial charge in [0.1, 0.15) is 18.1 Å². The maximum atomic E-state index is 13.0. The first-order valence-corrected chi connectivity index (χ1v) is 11.7. The Morgan fingerprint density at radius 3 is 1.97 bits per heavy atom. The quantitative estimate of drug-likeness (QED) is 0.0969. The Morgan fingerprint density at radius 1 is 0.857 bits per heavy atom. The normalized spacial score (nSPS) is 14.1. The second-order valence-electron chi connectivity index (χ2n) is 7.88. The SMILES string of the molecule is NCCCCC(N)C(=O)NC(Cc1ccccc1)C(=O)NC(CS)C(=O)NC(CC(=O)O)C(=O)O. The zero-order chi connectivity index (χ0) is 26.4. The molecule has 13 heteroatoms. The van der Waals surface area contributed by atoms with Gasteiger partial charge in [-0.1, -0.05) is 36.8 Å². The van der Waals surface area contributed by atoms with Crippen LogP contribution >= 0.6 is 12.6 Å². The Kier molecular flexibility index (Phi) is 13.4. The highest BCUT2D eigenvalue weighted by atomic mass is 32.1. The van der Waals surface area contributed by atoms with E-state index in [2.05, 4.69) is 28.6 Å². The van der Waals surface area contributed by atoms with Crippen LogP contribution in [-0.2, 0) is 30.4 Å². The molecule has 0 saturated heterocycles. The van der Waals surface area contributed by atoms with Crippen molar-refractivity contribution in [1.82, 2.24) is 16.0 Å². The van der Waals surface area contributed by atoms with E-state index < -0.39 is 60.2 Å². The zero-order valence-corrected chi connectivity index (χ0v) is 20.1. The Balaban J connectivity index is 2.95. The molecule has 35 heavy (non-hydrogen) atoms. The minimum Gasteiger partial charge on any atom is -0.481 e. The first kappa shape index (κ1) is 29.9. The molecule has 4 atom stereocenters. The Morgan fingerprint density at radius 2 is 1.43 bits per heavy atom. The van der Waals surface area contributed by atoms with Gasteiger partial charge in [0.05, 0.1) is 12.5 Å². The number of nitrogens with one attached hydrogen (secondary N) is 3. The Hall–Kier alpha value is -3.16. The van der Waals surface area contributed by atoms with Crippen molar-refractivity contribution in [2.75, 3.05) is 12.3 Å². The third-order valence-electron chi connectivity index (χ3n) is 5.03. The van der Waals surface area contributed by atoms with Gasteiger partial charge in [-0.2, -0.15) is 12.6 Å². The van der Waals surface area contributed by atoms with Crippen molar-refractivity contribution in [3.05, 3.63) is 35.9 Å². The van der Waals surface area contributed by atoms with E-state index in [1.54, 1.807) is 30.3 Å². The van der Waals surface area contributed by atoms with Gasteiger partial charge in [0.15, 0.2) is 0 Å². The molecule has 0 heterocycles. The number of hydrogen-bond donors (Lipinski definition) is 8. The molecule has 9 N–H and O–H groups in total. The second-order valence-corrected chi connectivity index (χ2v) is 8.25. The first-order chi connectivity index (χ1) is 16.6. The molecule has 0 aromatic heterocycles. The lowest BCUT2D eigenvalue weighted by Crippen LogP contribution is -2.58. The topological polar surface area (TPSA) is 214 Å². The highest BCUT2D eigenvalue weighted by Crippen LogP contribution is 2.06. The smallest absolute Gasteiger partial charge is 0.326 e. The van der Waals surface area contributed by atoms with Crippen LogP contribution in [0, 0.1) is 0 Å². The predicted molar refractivity (Wildman–Crippen MR) is 131 cm³/mol. The molecule has 194 valence electrons. The summed E-state index contributed by atoms with van der Waals surface area (Å²) in [6, 6.07) is 3.94. The van der Waals surface area contributed by atoms with Crippen LogP contribution in [0.3, 0.4) is 0 Å². The average Bonchev–Trinajstić information content (AvgIpc) is 2.81. The van der Waals surface area contributed by atoms with Gasteiger partial charge in [-0.3, -0.25) is 19.2 Å². The fraction of sp³-hybridized carbons (Fsp3) is 0.500. The molecular weight excluding hydrogens is 478 g/mol. The number of carboxylic acid groups (broad SMARTS) is 2. The van der Waals surface area contributed by atoms with Crippen molar-refractivity contribution < 1.29 is 34.2 Å². The van der Waals surface area contributed by atoms with Crippen LogP contribution in [0.25, 0.3) is 0 Å². The maximum absolute atomic E-state index is 13.0. The van der Waals surface area contributed by atoms with E-state index in [0.29, 0.717) is 25.8 Å². The number of aliphatic carboxylic acids is 2. The van der Waals surface area contributed by atoms with Crippen molar-refractivity contribution in [1.29, 1.82) is 0 Å². The van der Waals surface area contributed by atoms with Gasteiger partial charge in [-0.25, -0.2) is 4.79 Å². The average molecular weight is 512 g/mol. The summed E-state index contributed by atoms with van der Waals surface area (Å²) >= 11 is 4.03. The molecule has 3 amide bonds.